The molecule has 0 saturated heterocycles. The molecule has 0 spiro atoms. The summed E-state index contributed by atoms with van der Waals surface area (Å²) in [5.74, 6) is -1.98. The standard InChI is InChI=1S/C27H31N5O6/c1-3-18-10-12-20(13-11-18)29-21(33)17-38-23(35)15-14-22(34)31(4-2)24-25(28)32(27(37)30-26(24)36)16-19-8-6-5-7-9-19/h5-13H,3-4,14-17,28H2,1-2H3,(H,29,33)(H,30,36,37). The normalized spacial score (nSPS) is 10.6. The Morgan fingerprint density at radius 2 is 1.66 bits per heavy atom. The number of H-pyrrole nitrogens is 1. The van der Waals surface area contributed by atoms with E-state index in [2.05, 4.69) is 10.3 Å². The number of hydrogen-bond donors (Lipinski definition) is 3. The number of aromatic nitrogens is 2. The molecule has 0 aliphatic rings. The highest BCUT2D eigenvalue weighted by atomic mass is 16.5. The van der Waals surface area contributed by atoms with Crippen LogP contribution >= 0.6 is 0 Å². The molecule has 0 fully saturated rings. The van der Waals surface area contributed by atoms with Gasteiger partial charge in [0, 0.05) is 18.7 Å². The second-order valence-electron chi connectivity index (χ2n) is 8.46. The minimum atomic E-state index is -0.807. The number of anilines is 3. The minimum Gasteiger partial charge on any atom is -0.456 e. The van der Waals surface area contributed by atoms with E-state index in [1.165, 1.54) is 4.57 Å². The van der Waals surface area contributed by atoms with Gasteiger partial charge < -0.3 is 20.7 Å². The number of nitrogens with two attached hydrogens (primary N) is 1. The van der Waals surface area contributed by atoms with E-state index in [0.29, 0.717) is 5.69 Å². The van der Waals surface area contributed by atoms with Crippen LogP contribution in [-0.2, 0) is 32.1 Å². The van der Waals surface area contributed by atoms with Gasteiger partial charge in [0.15, 0.2) is 12.3 Å². The molecule has 0 atom stereocenters. The van der Waals surface area contributed by atoms with Crippen molar-refractivity contribution in [2.75, 3.05) is 29.1 Å². The van der Waals surface area contributed by atoms with Crippen LogP contribution in [0.4, 0.5) is 17.2 Å². The Labute approximate surface area is 219 Å². The van der Waals surface area contributed by atoms with Gasteiger partial charge in [-0.05, 0) is 36.6 Å². The highest BCUT2D eigenvalue weighted by Gasteiger charge is 2.24. The topological polar surface area (TPSA) is 157 Å². The lowest BCUT2D eigenvalue weighted by Crippen LogP contribution is -2.41. The second kappa shape index (κ2) is 13.0. The Balaban J connectivity index is 1.60. The zero-order valence-corrected chi connectivity index (χ0v) is 21.4. The Hall–Kier alpha value is -4.67. The van der Waals surface area contributed by atoms with Crippen molar-refractivity contribution in [3.8, 4) is 0 Å². The lowest BCUT2D eigenvalue weighted by atomic mass is 10.1. The first-order valence-corrected chi connectivity index (χ1v) is 12.2. The summed E-state index contributed by atoms with van der Waals surface area (Å²) in [5, 5.41) is 2.63. The van der Waals surface area contributed by atoms with Crippen LogP contribution in [0.15, 0.2) is 64.2 Å². The van der Waals surface area contributed by atoms with E-state index in [1.807, 2.05) is 25.1 Å². The van der Waals surface area contributed by atoms with E-state index >= 15 is 0 Å². The molecule has 2 aromatic carbocycles. The molecule has 200 valence electrons. The summed E-state index contributed by atoms with van der Waals surface area (Å²) < 4.78 is 6.15. The number of carbonyl (C=O) groups excluding carboxylic acids is 3. The van der Waals surface area contributed by atoms with Crippen LogP contribution in [0.5, 0.6) is 0 Å². The molecule has 3 aromatic rings. The molecule has 0 saturated carbocycles. The monoisotopic (exact) mass is 521 g/mol. The maximum atomic E-state index is 12.9. The van der Waals surface area contributed by atoms with Gasteiger partial charge in [-0.15, -0.1) is 0 Å². The number of nitrogens with zero attached hydrogens (tertiary/aromatic N) is 2. The molecule has 3 rings (SSSR count). The molecule has 4 N–H and O–H groups in total. The molecule has 11 nitrogen and oxygen atoms in total. The number of ether oxygens (including phenoxy) is 1. The number of rotatable bonds is 11. The van der Waals surface area contributed by atoms with Gasteiger partial charge in [0.25, 0.3) is 11.5 Å². The average Bonchev–Trinajstić information content (AvgIpc) is 2.91. The molecular formula is C27H31N5O6. The summed E-state index contributed by atoms with van der Waals surface area (Å²) in [4.78, 5) is 65.5. The number of hydrogen-bond acceptors (Lipinski definition) is 7. The summed E-state index contributed by atoms with van der Waals surface area (Å²) in [5.41, 5.74) is 6.97. The van der Waals surface area contributed by atoms with Crippen LogP contribution in [0.25, 0.3) is 0 Å². The fraction of sp³-hybridized carbons (Fsp3) is 0.296. The number of nitrogens with one attached hydrogen (secondary N) is 2. The zero-order chi connectivity index (χ0) is 27.7. The number of carbonyl (C=O) groups is 3. The number of benzene rings is 2. The number of nitrogen functional groups attached to an aromatic ring is 1. The minimum absolute atomic E-state index is 0.0733. The highest BCUT2D eigenvalue weighted by Crippen LogP contribution is 2.19. The Kier molecular flexibility index (Phi) is 9.58. The van der Waals surface area contributed by atoms with Gasteiger partial charge >= 0.3 is 11.7 Å². The summed E-state index contributed by atoms with van der Waals surface area (Å²) in [7, 11) is 0. The fourth-order valence-corrected chi connectivity index (χ4v) is 3.80. The maximum absolute atomic E-state index is 12.9. The summed E-state index contributed by atoms with van der Waals surface area (Å²) in [6.45, 7) is 3.33. The van der Waals surface area contributed by atoms with Gasteiger partial charge in [-0.25, -0.2) is 4.79 Å². The highest BCUT2D eigenvalue weighted by molar-refractivity contribution is 5.97. The van der Waals surface area contributed by atoms with Crippen LogP contribution in [0.2, 0.25) is 0 Å². The first-order chi connectivity index (χ1) is 18.2. The van der Waals surface area contributed by atoms with Gasteiger partial charge in [0.1, 0.15) is 5.82 Å². The van der Waals surface area contributed by atoms with Gasteiger partial charge in [0.05, 0.1) is 13.0 Å². The van der Waals surface area contributed by atoms with Crippen LogP contribution in [0, 0.1) is 0 Å². The molecule has 0 unspecified atom stereocenters. The SMILES string of the molecule is CCc1ccc(NC(=O)COC(=O)CCC(=O)N(CC)c2c(N)n(Cc3ccccc3)c(=O)[nH]c2=O)cc1. The predicted molar refractivity (Wildman–Crippen MR) is 144 cm³/mol. The fourth-order valence-electron chi connectivity index (χ4n) is 3.80. The van der Waals surface area contributed by atoms with Gasteiger partial charge in [-0.2, -0.15) is 0 Å². The third-order valence-corrected chi connectivity index (χ3v) is 5.84. The van der Waals surface area contributed by atoms with Crippen LogP contribution < -0.4 is 27.2 Å². The molecular weight excluding hydrogens is 490 g/mol. The molecule has 1 aromatic heterocycles. The first-order valence-electron chi connectivity index (χ1n) is 12.2. The van der Waals surface area contributed by atoms with E-state index < -0.39 is 35.6 Å². The second-order valence-corrected chi connectivity index (χ2v) is 8.46. The molecule has 0 bridgehead atoms. The Morgan fingerprint density at radius 1 is 0.974 bits per heavy atom. The average molecular weight is 522 g/mol. The third kappa shape index (κ3) is 7.19. The Morgan fingerprint density at radius 3 is 2.29 bits per heavy atom. The van der Waals surface area contributed by atoms with Crippen molar-refractivity contribution in [2.45, 2.75) is 39.7 Å². The van der Waals surface area contributed by atoms with Gasteiger partial charge in [-0.3, -0.25) is 28.7 Å². The van der Waals surface area contributed by atoms with Crippen LogP contribution in [0.1, 0.15) is 37.8 Å². The third-order valence-electron chi connectivity index (χ3n) is 5.84. The van der Waals surface area contributed by atoms with Crippen molar-refractivity contribution >= 4 is 35.0 Å². The number of amides is 2. The lowest BCUT2D eigenvalue weighted by molar-refractivity contribution is -0.148. The van der Waals surface area contributed by atoms with E-state index in [4.69, 9.17) is 10.5 Å². The number of esters is 1. The lowest BCUT2D eigenvalue weighted by Gasteiger charge is -2.23. The van der Waals surface area contributed by atoms with E-state index in [9.17, 15) is 24.0 Å². The van der Waals surface area contributed by atoms with Crippen molar-refractivity contribution < 1.29 is 19.1 Å². The van der Waals surface area contributed by atoms with E-state index in [0.717, 1.165) is 22.4 Å². The smallest absolute Gasteiger partial charge is 0.330 e. The van der Waals surface area contributed by atoms with Crippen LogP contribution in [0.3, 0.4) is 0 Å². The quantitative estimate of drug-likeness (QED) is 0.326. The number of aromatic amines is 1. The molecule has 0 aliphatic heterocycles. The van der Waals surface area contributed by atoms with Crippen molar-refractivity contribution in [3.05, 3.63) is 86.6 Å². The molecule has 0 aliphatic carbocycles. The Bertz CT molecular complexity index is 1400. The van der Waals surface area contributed by atoms with Gasteiger partial charge in [-0.1, -0.05) is 49.4 Å². The van der Waals surface area contributed by atoms with E-state index in [-0.39, 0.29) is 37.4 Å². The van der Waals surface area contributed by atoms with Crippen molar-refractivity contribution in [2.24, 2.45) is 0 Å². The summed E-state index contributed by atoms with van der Waals surface area (Å²) in [6, 6.07) is 16.3. The molecule has 38 heavy (non-hydrogen) atoms. The molecule has 0 radical (unpaired) electrons. The molecule has 2 amide bonds. The maximum Gasteiger partial charge on any atom is 0.330 e. The van der Waals surface area contributed by atoms with Crippen molar-refractivity contribution in [3.63, 3.8) is 0 Å². The number of aryl methyl sites for hydroxylation is 1. The van der Waals surface area contributed by atoms with Crippen molar-refractivity contribution in [1.82, 2.24) is 9.55 Å². The van der Waals surface area contributed by atoms with Gasteiger partial charge in [0.2, 0.25) is 5.91 Å². The predicted octanol–water partition coefficient (Wildman–Crippen LogP) is 2.04. The van der Waals surface area contributed by atoms with E-state index in [1.54, 1.807) is 43.3 Å². The summed E-state index contributed by atoms with van der Waals surface area (Å²) in [6.07, 6.45) is 0.275. The largest absolute Gasteiger partial charge is 0.456 e. The zero-order valence-electron chi connectivity index (χ0n) is 21.4. The van der Waals surface area contributed by atoms with Crippen molar-refractivity contribution in [1.29, 1.82) is 0 Å². The molecule has 1 heterocycles. The summed E-state index contributed by atoms with van der Waals surface area (Å²) >= 11 is 0. The van der Waals surface area contributed by atoms with Crippen LogP contribution in [-0.4, -0.2) is 40.5 Å². The molecule has 11 heteroatoms. The first kappa shape index (κ1) is 27.9.